The Kier molecular flexibility index (Phi) is 3.52. The van der Waals surface area contributed by atoms with Crippen LogP contribution in [0.1, 0.15) is 36.0 Å². The highest BCUT2D eigenvalue weighted by Gasteiger charge is 2.29. The second-order valence-electron chi connectivity index (χ2n) is 4.52. The van der Waals surface area contributed by atoms with E-state index in [0.717, 1.165) is 22.9 Å². The number of halogens is 1. The van der Waals surface area contributed by atoms with E-state index in [0.29, 0.717) is 23.4 Å². The number of aliphatic hydroxyl groups excluding tert-OH is 1. The van der Waals surface area contributed by atoms with Gasteiger partial charge in [-0.15, -0.1) is 0 Å². The van der Waals surface area contributed by atoms with E-state index in [1.165, 1.54) is 0 Å². The van der Waals surface area contributed by atoms with Crippen LogP contribution in [0.3, 0.4) is 0 Å². The number of ether oxygens (including phenoxy) is 1. The minimum absolute atomic E-state index is 0.0751. The van der Waals surface area contributed by atoms with Gasteiger partial charge in [-0.1, -0.05) is 21.1 Å². The second kappa shape index (κ2) is 5.30. The van der Waals surface area contributed by atoms with Gasteiger partial charge in [0.25, 0.3) is 0 Å². The molecule has 0 spiro atoms. The van der Waals surface area contributed by atoms with Crippen molar-refractivity contribution >= 4 is 15.9 Å². The summed E-state index contributed by atoms with van der Waals surface area (Å²) in [6.07, 6.45) is 2.26. The Bertz CT molecular complexity index is 581. The fourth-order valence-electron chi connectivity index (χ4n) is 1.78. The summed E-state index contributed by atoms with van der Waals surface area (Å²) in [6.45, 7) is 0.166. The third-order valence-electron chi connectivity index (χ3n) is 2.96. The van der Waals surface area contributed by atoms with Crippen LogP contribution in [0.15, 0.2) is 27.2 Å². The normalized spacial score (nSPS) is 14.6. The summed E-state index contributed by atoms with van der Waals surface area (Å²) >= 11 is 3.35. The number of aliphatic hydroxyl groups is 1. The lowest BCUT2D eigenvalue weighted by Crippen LogP contribution is -2.00. The van der Waals surface area contributed by atoms with Crippen molar-refractivity contribution in [3.8, 4) is 5.75 Å². The average molecular weight is 325 g/mol. The predicted molar refractivity (Wildman–Crippen MR) is 70.7 cm³/mol. The molecule has 1 fully saturated rings. The Morgan fingerprint density at radius 3 is 3.00 bits per heavy atom. The molecule has 6 heteroatoms. The van der Waals surface area contributed by atoms with E-state index in [9.17, 15) is 5.11 Å². The Balaban J connectivity index is 1.67. The molecule has 1 N–H and O–H groups in total. The van der Waals surface area contributed by atoms with Gasteiger partial charge in [-0.25, -0.2) is 0 Å². The number of benzene rings is 1. The second-order valence-corrected chi connectivity index (χ2v) is 5.44. The van der Waals surface area contributed by atoms with Crippen molar-refractivity contribution in [3.05, 3.63) is 40.0 Å². The Hall–Kier alpha value is -1.40. The zero-order valence-corrected chi connectivity index (χ0v) is 11.8. The maximum atomic E-state index is 9.27. The topological polar surface area (TPSA) is 68.4 Å². The molecular weight excluding hydrogens is 312 g/mol. The molecule has 0 amide bonds. The maximum absolute atomic E-state index is 9.27. The van der Waals surface area contributed by atoms with E-state index in [-0.39, 0.29) is 13.2 Å². The standard InChI is InChI=1S/C13H13BrN2O3/c14-10-3-4-11(9(5-10)6-17)18-7-12-15-13(19-16-12)8-1-2-8/h3-5,8,17H,1-2,6-7H2. The first-order valence-electron chi connectivity index (χ1n) is 6.11. The molecule has 1 aliphatic carbocycles. The van der Waals surface area contributed by atoms with Crippen LogP contribution in [0.5, 0.6) is 5.75 Å². The molecule has 1 aromatic carbocycles. The van der Waals surface area contributed by atoms with Crippen LogP contribution in [0.2, 0.25) is 0 Å². The third-order valence-corrected chi connectivity index (χ3v) is 3.45. The van der Waals surface area contributed by atoms with E-state index in [2.05, 4.69) is 26.1 Å². The number of rotatable bonds is 5. The summed E-state index contributed by atoms with van der Waals surface area (Å²) in [5.74, 6) is 2.32. The molecule has 5 nitrogen and oxygen atoms in total. The SMILES string of the molecule is OCc1cc(Br)ccc1OCc1noc(C2CC2)n1. The summed E-state index contributed by atoms with van der Waals surface area (Å²) in [6, 6.07) is 5.49. The van der Waals surface area contributed by atoms with Gasteiger partial charge in [0.15, 0.2) is 6.61 Å². The van der Waals surface area contributed by atoms with Crippen molar-refractivity contribution in [1.29, 1.82) is 0 Å². The molecule has 19 heavy (non-hydrogen) atoms. The van der Waals surface area contributed by atoms with Crippen molar-refractivity contribution < 1.29 is 14.4 Å². The summed E-state index contributed by atoms with van der Waals surface area (Å²) in [5, 5.41) is 13.2. The van der Waals surface area contributed by atoms with Crippen molar-refractivity contribution in [1.82, 2.24) is 10.1 Å². The van der Waals surface area contributed by atoms with Gasteiger partial charge in [0, 0.05) is 16.0 Å². The summed E-state index contributed by atoms with van der Waals surface area (Å²) < 4.78 is 11.7. The van der Waals surface area contributed by atoms with Crippen molar-refractivity contribution in [2.45, 2.75) is 32.0 Å². The van der Waals surface area contributed by atoms with Crippen LogP contribution < -0.4 is 4.74 Å². The van der Waals surface area contributed by atoms with Gasteiger partial charge in [0.05, 0.1) is 6.61 Å². The fourth-order valence-corrected chi connectivity index (χ4v) is 2.19. The highest BCUT2D eigenvalue weighted by atomic mass is 79.9. The Labute approximate surface area is 118 Å². The van der Waals surface area contributed by atoms with E-state index < -0.39 is 0 Å². The lowest BCUT2D eigenvalue weighted by Gasteiger charge is -2.08. The first kappa shape index (κ1) is 12.6. The fraction of sp³-hybridized carbons (Fsp3) is 0.385. The van der Waals surface area contributed by atoms with Gasteiger partial charge in [0.1, 0.15) is 5.75 Å². The minimum atomic E-state index is -0.0751. The molecule has 1 aromatic heterocycles. The van der Waals surface area contributed by atoms with Gasteiger partial charge in [0.2, 0.25) is 11.7 Å². The number of hydrogen-bond acceptors (Lipinski definition) is 5. The predicted octanol–water partition coefficient (Wildman–Crippen LogP) is 2.78. The van der Waals surface area contributed by atoms with Crippen LogP contribution in [0.25, 0.3) is 0 Å². The summed E-state index contributed by atoms with van der Waals surface area (Å²) in [5.41, 5.74) is 0.722. The van der Waals surface area contributed by atoms with Crippen LogP contribution in [0.4, 0.5) is 0 Å². The maximum Gasteiger partial charge on any atom is 0.229 e. The molecule has 3 rings (SSSR count). The van der Waals surface area contributed by atoms with Crippen LogP contribution in [-0.2, 0) is 13.2 Å². The summed E-state index contributed by atoms with van der Waals surface area (Å²) in [4.78, 5) is 4.29. The Morgan fingerprint density at radius 2 is 2.26 bits per heavy atom. The van der Waals surface area contributed by atoms with Crippen molar-refractivity contribution in [2.75, 3.05) is 0 Å². The molecule has 2 aromatic rings. The smallest absolute Gasteiger partial charge is 0.229 e. The first-order chi connectivity index (χ1) is 9.26. The van der Waals surface area contributed by atoms with E-state index >= 15 is 0 Å². The third kappa shape index (κ3) is 2.96. The number of nitrogens with zero attached hydrogens (tertiary/aromatic N) is 2. The van der Waals surface area contributed by atoms with E-state index in [4.69, 9.17) is 9.26 Å². The number of hydrogen-bond donors (Lipinski definition) is 1. The molecule has 0 bridgehead atoms. The Morgan fingerprint density at radius 1 is 1.42 bits per heavy atom. The van der Waals surface area contributed by atoms with Gasteiger partial charge >= 0.3 is 0 Å². The van der Waals surface area contributed by atoms with Gasteiger partial charge < -0.3 is 14.4 Å². The molecule has 0 saturated heterocycles. The molecule has 0 atom stereocenters. The molecular formula is C13H13BrN2O3. The van der Waals surface area contributed by atoms with Crippen molar-refractivity contribution in [2.24, 2.45) is 0 Å². The van der Waals surface area contributed by atoms with Crippen molar-refractivity contribution in [3.63, 3.8) is 0 Å². The monoisotopic (exact) mass is 324 g/mol. The molecule has 1 heterocycles. The number of aromatic nitrogens is 2. The zero-order valence-electron chi connectivity index (χ0n) is 10.2. The highest BCUT2D eigenvalue weighted by Crippen LogP contribution is 2.38. The van der Waals surface area contributed by atoms with E-state index in [1.54, 1.807) is 6.07 Å². The molecule has 0 radical (unpaired) electrons. The van der Waals surface area contributed by atoms with Crippen LogP contribution in [0, 0.1) is 0 Å². The highest BCUT2D eigenvalue weighted by molar-refractivity contribution is 9.10. The average Bonchev–Trinajstić information content (AvgIpc) is 3.17. The molecule has 100 valence electrons. The largest absolute Gasteiger partial charge is 0.485 e. The lowest BCUT2D eigenvalue weighted by atomic mass is 10.2. The summed E-state index contributed by atoms with van der Waals surface area (Å²) in [7, 11) is 0. The zero-order chi connectivity index (χ0) is 13.2. The van der Waals surface area contributed by atoms with Gasteiger partial charge in [-0.05, 0) is 31.0 Å². The van der Waals surface area contributed by atoms with Crippen LogP contribution >= 0.6 is 15.9 Å². The molecule has 0 unspecified atom stereocenters. The molecule has 1 saturated carbocycles. The first-order valence-corrected chi connectivity index (χ1v) is 6.90. The molecule has 0 aliphatic heterocycles. The lowest BCUT2D eigenvalue weighted by molar-refractivity contribution is 0.252. The molecule has 1 aliphatic rings. The quantitative estimate of drug-likeness (QED) is 0.915. The van der Waals surface area contributed by atoms with Gasteiger partial charge in [-0.2, -0.15) is 4.98 Å². The van der Waals surface area contributed by atoms with Crippen LogP contribution in [-0.4, -0.2) is 15.2 Å². The van der Waals surface area contributed by atoms with Gasteiger partial charge in [-0.3, -0.25) is 0 Å². The minimum Gasteiger partial charge on any atom is -0.485 e. The van der Waals surface area contributed by atoms with E-state index in [1.807, 2.05) is 12.1 Å².